The van der Waals surface area contributed by atoms with Crippen molar-refractivity contribution in [1.29, 1.82) is 0 Å². The van der Waals surface area contributed by atoms with Gasteiger partial charge in [0.25, 0.3) is 0 Å². The molecule has 5 nitrogen and oxygen atoms in total. The summed E-state index contributed by atoms with van der Waals surface area (Å²) < 4.78 is 15.9. The molecule has 0 aliphatic heterocycles. The molecule has 0 aliphatic carbocycles. The molecule has 0 spiro atoms. The quantitative estimate of drug-likeness (QED) is 0.363. The molecule has 1 amide bonds. The molecule has 0 saturated carbocycles. The molecule has 0 radical (unpaired) electrons. The fourth-order valence-electron chi connectivity index (χ4n) is 2.99. The standard InChI is InChI=1S/C23H25FN4OS/c1-4-14-28-22(19-8-6-7-9-20(19)24)26-27-23(28)30-15-21(29)25-18-12-10-17(11-13-18)16(3)5-2/h4,6-13,16H,1,5,14-15H2,2-3H3,(H,25,29). The van der Waals surface area contributed by atoms with E-state index in [0.717, 1.165) is 12.1 Å². The molecule has 1 unspecified atom stereocenters. The summed E-state index contributed by atoms with van der Waals surface area (Å²) in [6.07, 6.45) is 2.76. The molecule has 0 bridgehead atoms. The molecule has 0 saturated heterocycles. The van der Waals surface area contributed by atoms with E-state index < -0.39 is 0 Å². The van der Waals surface area contributed by atoms with Crippen molar-refractivity contribution in [1.82, 2.24) is 14.8 Å². The minimum absolute atomic E-state index is 0.142. The molecule has 0 aliphatic rings. The summed E-state index contributed by atoms with van der Waals surface area (Å²) in [6.45, 7) is 8.50. The Morgan fingerprint density at radius 2 is 1.97 bits per heavy atom. The van der Waals surface area contributed by atoms with E-state index in [1.54, 1.807) is 28.8 Å². The Bertz CT molecular complexity index is 1020. The number of amides is 1. The van der Waals surface area contributed by atoms with Gasteiger partial charge in [0.1, 0.15) is 5.82 Å². The third-order valence-corrected chi connectivity index (χ3v) is 5.82. The van der Waals surface area contributed by atoms with Crippen molar-refractivity contribution in [3.8, 4) is 11.4 Å². The maximum atomic E-state index is 14.2. The molecule has 30 heavy (non-hydrogen) atoms. The van der Waals surface area contributed by atoms with Gasteiger partial charge in [-0.05, 0) is 42.2 Å². The molecule has 1 aromatic heterocycles. The van der Waals surface area contributed by atoms with E-state index in [4.69, 9.17) is 0 Å². The van der Waals surface area contributed by atoms with Gasteiger partial charge in [-0.1, -0.05) is 56.0 Å². The second kappa shape index (κ2) is 10.2. The van der Waals surface area contributed by atoms with Gasteiger partial charge in [-0.2, -0.15) is 0 Å². The Balaban J connectivity index is 1.67. The predicted molar refractivity (Wildman–Crippen MR) is 120 cm³/mol. The summed E-state index contributed by atoms with van der Waals surface area (Å²) in [5.74, 6) is 0.559. The molecule has 7 heteroatoms. The van der Waals surface area contributed by atoms with Crippen LogP contribution in [0.1, 0.15) is 31.7 Å². The van der Waals surface area contributed by atoms with Gasteiger partial charge in [-0.3, -0.25) is 9.36 Å². The van der Waals surface area contributed by atoms with Crippen molar-refractivity contribution in [2.45, 2.75) is 37.9 Å². The van der Waals surface area contributed by atoms with Crippen LogP contribution in [-0.2, 0) is 11.3 Å². The molecule has 3 rings (SSSR count). The fraction of sp³-hybridized carbons (Fsp3) is 0.261. The van der Waals surface area contributed by atoms with E-state index in [1.807, 2.05) is 24.3 Å². The van der Waals surface area contributed by atoms with Crippen molar-refractivity contribution in [3.63, 3.8) is 0 Å². The number of benzene rings is 2. The summed E-state index contributed by atoms with van der Waals surface area (Å²) in [4.78, 5) is 12.4. The largest absolute Gasteiger partial charge is 0.325 e. The topological polar surface area (TPSA) is 59.8 Å². The highest BCUT2D eigenvalue weighted by atomic mass is 32.2. The summed E-state index contributed by atoms with van der Waals surface area (Å²) in [7, 11) is 0. The number of aromatic nitrogens is 3. The van der Waals surface area contributed by atoms with Gasteiger partial charge in [-0.15, -0.1) is 16.8 Å². The molecule has 1 N–H and O–H groups in total. The zero-order valence-corrected chi connectivity index (χ0v) is 18.0. The van der Waals surface area contributed by atoms with Crippen LogP contribution in [0.5, 0.6) is 0 Å². The highest BCUT2D eigenvalue weighted by Gasteiger charge is 2.17. The number of hydrogen-bond donors (Lipinski definition) is 1. The fourth-order valence-corrected chi connectivity index (χ4v) is 3.74. The van der Waals surface area contributed by atoms with Gasteiger partial charge >= 0.3 is 0 Å². The summed E-state index contributed by atoms with van der Waals surface area (Å²) in [5, 5.41) is 11.7. The lowest BCUT2D eigenvalue weighted by Gasteiger charge is -2.11. The number of nitrogens with zero attached hydrogens (tertiary/aromatic N) is 3. The van der Waals surface area contributed by atoms with Crippen LogP contribution < -0.4 is 5.32 Å². The van der Waals surface area contributed by atoms with Crippen molar-refractivity contribution in [2.24, 2.45) is 0 Å². The second-order valence-corrected chi connectivity index (χ2v) is 7.90. The van der Waals surface area contributed by atoms with Crippen LogP contribution in [0.2, 0.25) is 0 Å². The van der Waals surface area contributed by atoms with E-state index in [2.05, 4.69) is 35.9 Å². The SMILES string of the molecule is C=CCn1c(SCC(=O)Nc2ccc(C(C)CC)cc2)nnc1-c1ccccc1F. The van der Waals surface area contributed by atoms with E-state index in [-0.39, 0.29) is 17.5 Å². The Kier molecular flexibility index (Phi) is 7.41. The minimum atomic E-state index is -0.370. The van der Waals surface area contributed by atoms with E-state index in [0.29, 0.717) is 29.0 Å². The number of halogens is 1. The predicted octanol–water partition coefficient (Wildman–Crippen LogP) is 5.51. The lowest BCUT2D eigenvalue weighted by molar-refractivity contribution is -0.113. The van der Waals surface area contributed by atoms with Crippen molar-refractivity contribution in [3.05, 3.63) is 72.6 Å². The minimum Gasteiger partial charge on any atom is -0.325 e. The lowest BCUT2D eigenvalue weighted by Crippen LogP contribution is -2.14. The van der Waals surface area contributed by atoms with Crippen LogP contribution in [0.15, 0.2) is 66.3 Å². The first-order valence-electron chi connectivity index (χ1n) is 9.85. The molecule has 2 aromatic carbocycles. The third kappa shape index (κ3) is 5.16. The molecular weight excluding hydrogens is 399 g/mol. The van der Waals surface area contributed by atoms with E-state index >= 15 is 0 Å². The monoisotopic (exact) mass is 424 g/mol. The van der Waals surface area contributed by atoms with Crippen molar-refractivity contribution in [2.75, 3.05) is 11.1 Å². The zero-order chi connectivity index (χ0) is 21.5. The highest BCUT2D eigenvalue weighted by molar-refractivity contribution is 7.99. The molecule has 1 heterocycles. The summed E-state index contributed by atoms with van der Waals surface area (Å²) >= 11 is 1.25. The van der Waals surface area contributed by atoms with Gasteiger partial charge in [0.15, 0.2) is 11.0 Å². The normalized spacial score (nSPS) is 11.8. The highest BCUT2D eigenvalue weighted by Crippen LogP contribution is 2.26. The first-order valence-corrected chi connectivity index (χ1v) is 10.8. The van der Waals surface area contributed by atoms with Gasteiger partial charge in [0, 0.05) is 12.2 Å². The van der Waals surface area contributed by atoms with Crippen molar-refractivity contribution >= 4 is 23.4 Å². The van der Waals surface area contributed by atoms with E-state index in [9.17, 15) is 9.18 Å². The molecule has 0 fully saturated rings. The van der Waals surface area contributed by atoms with Crippen LogP contribution in [0.3, 0.4) is 0 Å². The summed E-state index contributed by atoms with van der Waals surface area (Å²) in [5.41, 5.74) is 2.37. The summed E-state index contributed by atoms with van der Waals surface area (Å²) in [6, 6.07) is 14.3. The molecule has 3 aromatic rings. The third-order valence-electron chi connectivity index (χ3n) is 4.85. The average molecular weight is 425 g/mol. The Labute approximate surface area is 180 Å². The molecular formula is C23H25FN4OS. The maximum Gasteiger partial charge on any atom is 0.234 e. The number of nitrogens with one attached hydrogen (secondary N) is 1. The number of anilines is 1. The van der Waals surface area contributed by atoms with Gasteiger partial charge in [-0.25, -0.2) is 4.39 Å². The molecule has 156 valence electrons. The zero-order valence-electron chi connectivity index (χ0n) is 17.1. The van der Waals surface area contributed by atoms with Crippen LogP contribution in [0, 0.1) is 5.82 Å². The number of rotatable bonds is 9. The van der Waals surface area contributed by atoms with Gasteiger partial charge < -0.3 is 5.32 Å². The number of carbonyl (C=O) groups excluding carboxylic acids is 1. The van der Waals surface area contributed by atoms with Gasteiger partial charge in [0.2, 0.25) is 5.91 Å². The van der Waals surface area contributed by atoms with Crippen LogP contribution in [0.25, 0.3) is 11.4 Å². The van der Waals surface area contributed by atoms with Crippen LogP contribution in [-0.4, -0.2) is 26.4 Å². The van der Waals surface area contributed by atoms with Crippen LogP contribution >= 0.6 is 11.8 Å². The van der Waals surface area contributed by atoms with Crippen LogP contribution in [0.4, 0.5) is 10.1 Å². The average Bonchev–Trinajstić information content (AvgIpc) is 3.15. The number of hydrogen-bond acceptors (Lipinski definition) is 4. The maximum absolute atomic E-state index is 14.2. The smallest absolute Gasteiger partial charge is 0.234 e. The lowest BCUT2D eigenvalue weighted by atomic mass is 9.99. The second-order valence-electron chi connectivity index (χ2n) is 6.95. The molecule has 1 atom stereocenters. The number of allylic oxidation sites excluding steroid dienone is 1. The Morgan fingerprint density at radius 1 is 1.23 bits per heavy atom. The van der Waals surface area contributed by atoms with E-state index in [1.165, 1.54) is 23.4 Å². The first-order chi connectivity index (χ1) is 14.5. The Morgan fingerprint density at radius 3 is 2.63 bits per heavy atom. The number of thioether (sulfide) groups is 1. The Hall–Kier alpha value is -2.93. The van der Waals surface area contributed by atoms with Gasteiger partial charge in [0.05, 0.1) is 11.3 Å². The van der Waals surface area contributed by atoms with Crippen molar-refractivity contribution < 1.29 is 9.18 Å². The number of carbonyl (C=O) groups is 1. The first kappa shape index (κ1) is 21.8.